The molecular weight excluding hydrogens is 620 g/mol. The average molecular weight is 659 g/mol. The van der Waals surface area contributed by atoms with E-state index in [2.05, 4.69) is 15.6 Å². The van der Waals surface area contributed by atoms with E-state index in [9.17, 15) is 19.5 Å². The molecular formula is C39H38N4O6. The lowest BCUT2D eigenvalue weighted by Gasteiger charge is -2.18. The minimum Gasteiger partial charge on any atom is -0.488 e. The summed E-state index contributed by atoms with van der Waals surface area (Å²) < 4.78 is 11.7. The number of carbonyl (C=O) groups excluding carboxylic acids is 2. The van der Waals surface area contributed by atoms with Gasteiger partial charge >= 0.3 is 12.1 Å². The van der Waals surface area contributed by atoms with Gasteiger partial charge < -0.3 is 30.1 Å². The second-order valence-electron chi connectivity index (χ2n) is 12.1. The molecule has 1 aliphatic rings. The van der Waals surface area contributed by atoms with E-state index in [0.29, 0.717) is 24.3 Å². The minimum absolute atomic E-state index is 0.0779. The van der Waals surface area contributed by atoms with E-state index in [-0.39, 0.29) is 31.2 Å². The fourth-order valence-electron chi connectivity index (χ4n) is 6.07. The highest BCUT2D eigenvalue weighted by atomic mass is 16.5. The molecule has 4 aromatic carbocycles. The maximum Gasteiger partial charge on any atom is 0.407 e. The topological polar surface area (TPSA) is 130 Å². The van der Waals surface area contributed by atoms with Gasteiger partial charge in [-0.15, -0.1) is 0 Å². The third-order valence-electron chi connectivity index (χ3n) is 8.63. The Morgan fingerprint density at radius 3 is 2.22 bits per heavy atom. The van der Waals surface area contributed by atoms with Crippen molar-refractivity contribution in [2.24, 2.45) is 0 Å². The van der Waals surface area contributed by atoms with E-state index >= 15 is 0 Å². The van der Waals surface area contributed by atoms with Gasteiger partial charge in [0, 0.05) is 43.7 Å². The molecule has 0 fully saturated rings. The van der Waals surface area contributed by atoms with Gasteiger partial charge in [0.25, 0.3) is 5.91 Å². The molecule has 0 aliphatic heterocycles. The number of nitrogens with zero attached hydrogens (tertiary/aromatic N) is 2. The van der Waals surface area contributed by atoms with Crippen LogP contribution in [-0.2, 0) is 16.1 Å². The van der Waals surface area contributed by atoms with Crippen LogP contribution in [0.2, 0.25) is 0 Å². The number of fused-ring (bicyclic) bond motifs is 4. The van der Waals surface area contributed by atoms with Gasteiger partial charge in [0.1, 0.15) is 30.7 Å². The van der Waals surface area contributed by atoms with Gasteiger partial charge in [-0.25, -0.2) is 14.6 Å². The quantitative estimate of drug-likeness (QED) is 0.124. The van der Waals surface area contributed by atoms with Crippen molar-refractivity contribution in [3.63, 3.8) is 0 Å². The number of amides is 2. The fourth-order valence-corrected chi connectivity index (χ4v) is 6.07. The first-order valence-corrected chi connectivity index (χ1v) is 16.2. The van der Waals surface area contributed by atoms with E-state index in [4.69, 9.17) is 9.47 Å². The average Bonchev–Trinajstić information content (AvgIpc) is 3.44. The number of carboxylic acids is 1. The summed E-state index contributed by atoms with van der Waals surface area (Å²) in [5, 5.41) is 15.9. The number of benzene rings is 4. The van der Waals surface area contributed by atoms with Gasteiger partial charge in [0.2, 0.25) is 0 Å². The number of aromatic nitrogens is 1. The van der Waals surface area contributed by atoms with E-state index in [1.54, 1.807) is 6.07 Å². The smallest absolute Gasteiger partial charge is 0.407 e. The minimum atomic E-state index is -1.19. The molecule has 0 unspecified atom stereocenters. The third kappa shape index (κ3) is 7.65. The van der Waals surface area contributed by atoms with Crippen molar-refractivity contribution >= 4 is 34.6 Å². The second kappa shape index (κ2) is 14.9. The summed E-state index contributed by atoms with van der Waals surface area (Å²) in [6.07, 6.45) is -0.424. The number of ether oxygens (including phenoxy) is 2. The summed E-state index contributed by atoms with van der Waals surface area (Å²) >= 11 is 0. The molecule has 1 aliphatic carbocycles. The van der Waals surface area contributed by atoms with Crippen LogP contribution in [0, 0.1) is 0 Å². The van der Waals surface area contributed by atoms with E-state index < -0.39 is 24.0 Å². The normalized spacial score (nSPS) is 12.4. The number of rotatable bonds is 13. The predicted octanol–water partition coefficient (Wildman–Crippen LogP) is 6.38. The molecule has 1 heterocycles. The SMILES string of the molecule is CN(C)c1ccc2nc(C(=O)NCCC[C@H](NC(=O)OCC3c4ccccc4-c4ccccc43)C(=O)O)cc(OCc3ccccc3)c2c1. The van der Waals surface area contributed by atoms with Gasteiger partial charge in [-0.2, -0.15) is 0 Å². The lowest BCUT2D eigenvalue weighted by atomic mass is 9.98. The van der Waals surface area contributed by atoms with Crippen LogP contribution in [0.3, 0.4) is 0 Å². The lowest BCUT2D eigenvalue weighted by Crippen LogP contribution is -2.42. The zero-order valence-corrected chi connectivity index (χ0v) is 27.4. The molecule has 2 amide bonds. The van der Waals surface area contributed by atoms with Crippen LogP contribution in [0.25, 0.3) is 22.0 Å². The zero-order chi connectivity index (χ0) is 34.3. The van der Waals surface area contributed by atoms with Gasteiger partial charge in [-0.1, -0.05) is 78.9 Å². The number of hydrogen-bond acceptors (Lipinski definition) is 7. The molecule has 250 valence electrons. The molecule has 10 heteroatoms. The molecule has 0 saturated heterocycles. The molecule has 0 radical (unpaired) electrons. The van der Waals surface area contributed by atoms with Crippen LogP contribution in [0.5, 0.6) is 5.75 Å². The molecule has 3 N–H and O–H groups in total. The Balaban J connectivity index is 1.04. The molecule has 1 aromatic heterocycles. The molecule has 0 spiro atoms. The highest BCUT2D eigenvalue weighted by molar-refractivity contribution is 5.97. The Hall–Kier alpha value is -5.90. The molecule has 1 atom stereocenters. The molecule has 10 nitrogen and oxygen atoms in total. The Bertz CT molecular complexity index is 1930. The van der Waals surface area contributed by atoms with Gasteiger partial charge in [-0.3, -0.25) is 4.79 Å². The first-order chi connectivity index (χ1) is 23.8. The first kappa shape index (κ1) is 33.0. The van der Waals surface area contributed by atoms with Crippen molar-refractivity contribution < 1.29 is 29.0 Å². The number of carbonyl (C=O) groups is 3. The standard InChI is InChI=1S/C39H38N4O6/c1-43(2)26-18-19-33-31(21-26)36(48-23-25-11-4-3-5-12-25)22-35(41-33)37(44)40-20-10-17-34(38(45)46)42-39(47)49-24-32-29-15-8-6-13-27(29)28-14-7-9-16-30(28)32/h3-9,11-16,18-19,21-22,32,34H,10,17,20,23-24H2,1-2H3,(H,40,44)(H,42,47)(H,45,46)/t34-/m0/s1. The van der Waals surface area contributed by atoms with Crippen LogP contribution in [0.15, 0.2) is 103 Å². The summed E-state index contributed by atoms with van der Waals surface area (Å²) in [5.41, 5.74) is 7.08. The number of carboxylic acid groups (broad SMARTS) is 1. The summed E-state index contributed by atoms with van der Waals surface area (Å²) in [5.74, 6) is -1.21. The Labute approximate surface area is 284 Å². The highest BCUT2D eigenvalue weighted by Crippen LogP contribution is 2.44. The molecule has 6 rings (SSSR count). The van der Waals surface area contributed by atoms with Crippen LogP contribution in [0.4, 0.5) is 10.5 Å². The summed E-state index contributed by atoms with van der Waals surface area (Å²) in [6, 6.07) is 31.9. The number of hydrogen-bond donors (Lipinski definition) is 3. The summed E-state index contributed by atoms with van der Waals surface area (Å²) in [6.45, 7) is 0.573. The number of pyridine rings is 1. The van der Waals surface area contributed by atoms with Gasteiger partial charge in [-0.05, 0) is 58.9 Å². The van der Waals surface area contributed by atoms with Crippen molar-refractivity contribution in [3.05, 3.63) is 126 Å². The Morgan fingerprint density at radius 1 is 0.878 bits per heavy atom. The summed E-state index contributed by atoms with van der Waals surface area (Å²) in [4.78, 5) is 44.4. The Kier molecular flexibility index (Phi) is 10.0. The predicted molar refractivity (Wildman–Crippen MR) is 188 cm³/mol. The first-order valence-electron chi connectivity index (χ1n) is 16.2. The van der Waals surface area contributed by atoms with Gasteiger partial charge in [0.05, 0.1) is 5.52 Å². The number of alkyl carbamates (subject to hydrolysis) is 1. The molecule has 0 saturated carbocycles. The zero-order valence-electron chi connectivity index (χ0n) is 27.4. The van der Waals surface area contributed by atoms with Crippen LogP contribution < -0.4 is 20.3 Å². The maximum atomic E-state index is 13.2. The Morgan fingerprint density at radius 2 is 1.55 bits per heavy atom. The monoisotopic (exact) mass is 658 g/mol. The molecule has 5 aromatic rings. The van der Waals surface area contributed by atoms with Crippen LogP contribution in [-0.4, -0.2) is 61.3 Å². The highest BCUT2D eigenvalue weighted by Gasteiger charge is 2.29. The molecule has 0 bridgehead atoms. The third-order valence-corrected chi connectivity index (χ3v) is 8.63. The van der Waals surface area contributed by atoms with Crippen molar-refractivity contribution in [1.29, 1.82) is 0 Å². The maximum absolute atomic E-state index is 13.2. The van der Waals surface area contributed by atoms with E-state index in [1.165, 1.54) is 0 Å². The van der Waals surface area contributed by atoms with E-state index in [0.717, 1.165) is 38.9 Å². The van der Waals surface area contributed by atoms with E-state index in [1.807, 2.05) is 116 Å². The van der Waals surface area contributed by atoms with Crippen molar-refractivity contribution in [2.75, 3.05) is 32.1 Å². The number of nitrogens with one attached hydrogen (secondary N) is 2. The number of aliphatic carboxylic acids is 1. The lowest BCUT2D eigenvalue weighted by molar-refractivity contribution is -0.139. The van der Waals surface area contributed by atoms with Crippen molar-refractivity contribution in [2.45, 2.75) is 31.4 Å². The summed E-state index contributed by atoms with van der Waals surface area (Å²) in [7, 11) is 3.90. The van der Waals surface area contributed by atoms with Crippen LogP contribution >= 0.6 is 0 Å². The van der Waals surface area contributed by atoms with Crippen molar-refractivity contribution in [1.82, 2.24) is 15.6 Å². The largest absolute Gasteiger partial charge is 0.488 e. The van der Waals surface area contributed by atoms with Crippen LogP contribution in [0.1, 0.15) is 45.9 Å². The fraction of sp³-hybridized carbons (Fsp3) is 0.231. The molecule has 49 heavy (non-hydrogen) atoms. The van der Waals surface area contributed by atoms with Gasteiger partial charge in [0.15, 0.2) is 0 Å². The van der Waals surface area contributed by atoms with Crippen molar-refractivity contribution in [3.8, 4) is 16.9 Å². The second-order valence-corrected chi connectivity index (χ2v) is 12.1. The number of anilines is 1.